The number of pyridine rings is 1. The summed E-state index contributed by atoms with van der Waals surface area (Å²) in [5, 5.41) is 0. The van der Waals surface area contributed by atoms with Crippen LogP contribution in [0.5, 0.6) is 0 Å². The molecule has 0 radical (unpaired) electrons. The fourth-order valence-electron chi connectivity index (χ4n) is 3.65. The molecule has 7 heteroatoms. The lowest BCUT2D eigenvalue weighted by molar-refractivity contribution is 0.0328. The number of sulfone groups is 1. The van der Waals surface area contributed by atoms with Crippen LogP contribution >= 0.6 is 0 Å². The summed E-state index contributed by atoms with van der Waals surface area (Å²) < 4.78 is 24.3. The molecular formula is C16H23N3O3S. The number of aryl methyl sites for hydroxylation is 1. The second-order valence-electron chi connectivity index (χ2n) is 6.41. The molecule has 1 aromatic rings. The Morgan fingerprint density at radius 1 is 1.26 bits per heavy atom. The lowest BCUT2D eigenvalue weighted by Crippen LogP contribution is -2.60. The molecule has 2 aliphatic rings. The first-order chi connectivity index (χ1) is 10.9. The lowest BCUT2D eigenvalue weighted by Gasteiger charge is -2.43. The summed E-state index contributed by atoms with van der Waals surface area (Å²) in [6, 6.07) is 5.02. The summed E-state index contributed by atoms with van der Waals surface area (Å²) in [6.45, 7) is 6.10. The van der Waals surface area contributed by atoms with E-state index in [-0.39, 0.29) is 29.5 Å². The third kappa shape index (κ3) is 3.26. The molecule has 6 nitrogen and oxygen atoms in total. The molecule has 126 valence electrons. The van der Waals surface area contributed by atoms with Gasteiger partial charge in [0.25, 0.3) is 5.91 Å². The molecule has 2 saturated heterocycles. The second-order valence-corrected chi connectivity index (χ2v) is 8.56. The first-order valence-corrected chi connectivity index (χ1v) is 9.92. The van der Waals surface area contributed by atoms with E-state index in [1.807, 2.05) is 19.1 Å². The molecule has 2 unspecified atom stereocenters. The monoisotopic (exact) mass is 337 g/mol. The summed E-state index contributed by atoms with van der Waals surface area (Å²) in [7, 11) is -3.09. The molecule has 1 amide bonds. The van der Waals surface area contributed by atoms with Crippen molar-refractivity contribution < 1.29 is 13.2 Å². The van der Waals surface area contributed by atoms with Gasteiger partial charge >= 0.3 is 0 Å². The van der Waals surface area contributed by atoms with Crippen LogP contribution in [0.15, 0.2) is 18.2 Å². The Morgan fingerprint density at radius 2 is 2.00 bits per heavy atom. The normalized spacial score (nSPS) is 27.0. The number of carbonyl (C=O) groups excluding carboxylic acids is 1. The first kappa shape index (κ1) is 16.4. The smallest absolute Gasteiger partial charge is 0.272 e. The second kappa shape index (κ2) is 6.20. The van der Waals surface area contributed by atoms with Crippen LogP contribution in [0.25, 0.3) is 0 Å². The van der Waals surface area contributed by atoms with Crippen LogP contribution in [-0.4, -0.2) is 72.3 Å². The molecular weight excluding hydrogens is 314 g/mol. The predicted molar refractivity (Wildman–Crippen MR) is 88.1 cm³/mol. The molecule has 0 bridgehead atoms. The van der Waals surface area contributed by atoms with Crippen molar-refractivity contribution in [1.82, 2.24) is 14.8 Å². The molecule has 0 saturated carbocycles. The molecule has 2 aliphatic heterocycles. The zero-order chi connectivity index (χ0) is 16.6. The van der Waals surface area contributed by atoms with Crippen LogP contribution in [-0.2, 0) is 9.84 Å². The van der Waals surface area contributed by atoms with E-state index in [4.69, 9.17) is 0 Å². The van der Waals surface area contributed by atoms with Gasteiger partial charge in [-0.2, -0.15) is 0 Å². The van der Waals surface area contributed by atoms with Gasteiger partial charge in [-0.3, -0.25) is 9.69 Å². The Balaban J connectivity index is 1.87. The average molecular weight is 337 g/mol. The molecule has 1 aromatic heterocycles. The molecule has 0 spiro atoms. The van der Waals surface area contributed by atoms with Gasteiger partial charge in [-0.1, -0.05) is 13.0 Å². The zero-order valence-corrected chi connectivity index (χ0v) is 14.4. The molecule has 2 fully saturated rings. The standard InChI is InChI=1S/C16H23N3O3S/c1-3-7-18-8-9-19(15-11-23(21,22)10-14(15)18)16(20)13-6-4-5-12(2)17-13/h4-6,14-15H,3,7-11H2,1-2H3. The van der Waals surface area contributed by atoms with Crippen LogP contribution in [0, 0.1) is 6.92 Å². The fraction of sp³-hybridized carbons (Fsp3) is 0.625. The predicted octanol–water partition coefficient (Wildman–Crippen LogP) is 0.723. The van der Waals surface area contributed by atoms with Crippen molar-refractivity contribution in [1.29, 1.82) is 0 Å². The average Bonchev–Trinajstić information content (AvgIpc) is 2.82. The Bertz CT molecular complexity index is 704. The largest absolute Gasteiger partial charge is 0.330 e. The number of hydrogen-bond acceptors (Lipinski definition) is 5. The van der Waals surface area contributed by atoms with E-state index in [2.05, 4.69) is 16.8 Å². The number of fused-ring (bicyclic) bond motifs is 1. The highest BCUT2D eigenvalue weighted by atomic mass is 32.2. The highest BCUT2D eigenvalue weighted by molar-refractivity contribution is 7.91. The van der Waals surface area contributed by atoms with Crippen molar-refractivity contribution in [3.63, 3.8) is 0 Å². The zero-order valence-electron chi connectivity index (χ0n) is 13.6. The van der Waals surface area contributed by atoms with Crippen molar-refractivity contribution in [2.24, 2.45) is 0 Å². The molecule has 2 atom stereocenters. The van der Waals surface area contributed by atoms with Crippen LogP contribution in [0.1, 0.15) is 29.5 Å². The van der Waals surface area contributed by atoms with E-state index in [9.17, 15) is 13.2 Å². The van der Waals surface area contributed by atoms with E-state index in [0.717, 1.165) is 25.2 Å². The van der Waals surface area contributed by atoms with Gasteiger partial charge in [0.15, 0.2) is 9.84 Å². The molecule has 3 rings (SSSR count). The number of hydrogen-bond donors (Lipinski definition) is 0. The number of rotatable bonds is 3. The van der Waals surface area contributed by atoms with Gasteiger partial charge < -0.3 is 4.90 Å². The van der Waals surface area contributed by atoms with Gasteiger partial charge in [0.05, 0.1) is 17.5 Å². The van der Waals surface area contributed by atoms with Crippen LogP contribution in [0.4, 0.5) is 0 Å². The van der Waals surface area contributed by atoms with Crippen LogP contribution in [0.2, 0.25) is 0 Å². The Kier molecular flexibility index (Phi) is 4.42. The van der Waals surface area contributed by atoms with E-state index in [0.29, 0.717) is 12.2 Å². The van der Waals surface area contributed by atoms with Crippen molar-refractivity contribution in [3.05, 3.63) is 29.6 Å². The summed E-state index contributed by atoms with van der Waals surface area (Å²) in [4.78, 5) is 21.1. The van der Waals surface area contributed by atoms with Gasteiger partial charge in [0, 0.05) is 24.8 Å². The highest BCUT2D eigenvalue weighted by Gasteiger charge is 2.47. The summed E-state index contributed by atoms with van der Waals surface area (Å²) in [6.07, 6.45) is 0.983. The Labute approximate surface area is 137 Å². The SMILES string of the molecule is CCCN1CCN(C(=O)c2cccc(C)n2)C2CS(=O)(=O)CC21. The first-order valence-electron chi connectivity index (χ1n) is 8.10. The number of carbonyl (C=O) groups is 1. The third-order valence-electron chi connectivity index (χ3n) is 4.67. The van der Waals surface area contributed by atoms with E-state index in [1.54, 1.807) is 11.0 Å². The molecule has 0 N–H and O–H groups in total. The summed E-state index contributed by atoms with van der Waals surface area (Å²) in [5.41, 5.74) is 1.19. The van der Waals surface area contributed by atoms with Gasteiger partial charge in [0.1, 0.15) is 5.69 Å². The lowest BCUT2D eigenvalue weighted by atomic mass is 10.0. The summed E-state index contributed by atoms with van der Waals surface area (Å²) in [5.74, 6) is 0.0648. The fourth-order valence-corrected chi connectivity index (χ4v) is 5.66. The van der Waals surface area contributed by atoms with Crippen molar-refractivity contribution >= 4 is 15.7 Å². The number of aromatic nitrogens is 1. The Morgan fingerprint density at radius 3 is 2.70 bits per heavy atom. The molecule has 0 aliphatic carbocycles. The number of piperazine rings is 1. The van der Waals surface area contributed by atoms with Gasteiger partial charge in [0.2, 0.25) is 0 Å². The third-order valence-corrected chi connectivity index (χ3v) is 6.37. The van der Waals surface area contributed by atoms with Crippen molar-refractivity contribution in [2.45, 2.75) is 32.4 Å². The van der Waals surface area contributed by atoms with Crippen molar-refractivity contribution in [2.75, 3.05) is 31.1 Å². The van der Waals surface area contributed by atoms with Crippen LogP contribution in [0.3, 0.4) is 0 Å². The molecule has 3 heterocycles. The van der Waals surface area contributed by atoms with Gasteiger partial charge in [-0.25, -0.2) is 13.4 Å². The number of amides is 1. The van der Waals surface area contributed by atoms with E-state index in [1.165, 1.54) is 0 Å². The molecule has 0 aromatic carbocycles. The topological polar surface area (TPSA) is 70.6 Å². The maximum atomic E-state index is 12.8. The summed E-state index contributed by atoms with van der Waals surface area (Å²) >= 11 is 0. The number of nitrogens with zero attached hydrogens (tertiary/aromatic N) is 3. The molecule has 23 heavy (non-hydrogen) atoms. The minimum absolute atomic E-state index is 0.0649. The minimum Gasteiger partial charge on any atom is -0.330 e. The Hall–Kier alpha value is -1.47. The highest BCUT2D eigenvalue weighted by Crippen LogP contribution is 2.28. The van der Waals surface area contributed by atoms with Crippen LogP contribution < -0.4 is 0 Å². The van der Waals surface area contributed by atoms with Crippen molar-refractivity contribution in [3.8, 4) is 0 Å². The quantitative estimate of drug-likeness (QED) is 0.813. The maximum Gasteiger partial charge on any atom is 0.272 e. The van der Waals surface area contributed by atoms with Gasteiger partial charge in [-0.15, -0.1) is 0 Å². The minimum atomic E-state index is -3.09. The van der Waals surface area contributed by atoms with E-state index >= 15 is 0 Å². The van der Waals surface area contributed by atoms with E-state index < -0.39 is 9.84 Å². The maximum absolute atomic E-state index is 12.8. The van der Waals surface area contributed by atoms with Gasteiger partial charge in [-0.05, 0) is 32.0 Å².